The summed E-state index contributed by atoms with van der Waals surface area (Å²) >= 11 is 0. The molecule has 1 aromatic carbocycles. The Bertz CT molecular complexity index is 512. The maximum Gasteiger partial charge on any atom is 0.326 e. The van der Waals surface area contributed by atoms with Crippen molar-refractivity contribution in [3.05, 3.63) is 29.8 Å². The van der Waals surface area contributed by atoms with Gasteiger partial charge in [-0.1, -0.05) is 12.1 Å². The summed E-state index contributed by atoms with van der Waals surface area (Å²) in [7, 11) is 1.64. The fourth-order valence-electron chi connectivity index (χ4n) is 2.86. The lowest BCUT2D eigenvalue weighted by atomic mass is 10.1. The van der Waals surface area contributed by atoms with Crippen LogP contribution in [-0.4, -0.2) is 41.6 Å². The average Bonchev–Trinajstić information content (AvgIpc) is 3.02. The summed E-state index contributed by atoms with van der Waals surface area (Å²) in [5.41, 5.74) is 1.22. The highest BCUT2D eigenvalue weighted by Crippen LogP contribution is 2.19. The Morgan fingerprint density at radius 2 is 2.00 bits per heavy atom. The SMILES string of the molecule is COc1ccc(CCCCC(=O)N2CCCC2C(=O)O)cc1. The monoisotopic (exact) mass is 305 g/mol. The van der Waals surface area contributed by atoms with Crippen molar-refractivity contribution in [3.8, 4) is 5.75 Å². The van der Waals surface area contributed by atoms with E-state index in [0.29, 0.717) is 19.4 Å². The molecule has 1 unspecified atom stereocenters. The van der Waals surface area contributed by atoms with Gasteiger partial charge in [-0.25, -0.2) is 4.79 Å². The van der Waals surface area contributed by atoms with Gasteiger partial charge in [-0.3, -0.25) is 4.79 Å². The number of unbranched alkanes of at least 4 members (excludes halogenated alkanes) is 1. The number of aryl methyl sites for hydroxylation is 1. The summed E-state index contributed by atoms with van der Waals surface area (Å²) in [4.78, 5) is 24.7. The molecule has 0 radical (unpaired) electrons. The molecule has 5 nitrogen and oxygen atoms in total. The van der Waals surface area contributed by atoms with E-state index < -0.39 is 12.0 Å². The molecule has 22 heavy (non-hydrogen) atoms. The number of amides is 1. The number of carboxylic acids is 1. The first-order chi connectivity index (χ1) is 10.6. The van der Waals surface area contributed by atoms with E-state index in [4.69, 9.17) is 9.84 Å². The van der Waals surface area contributed by atoms with Gasteiger partial charge >= 0.3 is 5.97 Å². The number of hydrogen-bond donors (Lipinski definition) is 1. The minimum atomic E-state index is -0.885. The second kappa shape index (κ2) is 7.82. The molecule has 0 aromatic heterocycles. The van der Waals surface area contributed by atoms with Crippen LogP contribution in [0, 0.1) is 0 Å². The van der Waals surface area contributed by atoms with Crippen LogP contribution in [0.3, 0.4) is 0 Å². The molecule has 0 saturated carbocycles. The van der Waals surface area contributed by atoms with Crippen LogP contribution in [0.15, 0.2) is 24.3 Å². The van der Waals surface area contributed by atoms with Gasteiger partial charge in [0.25, 0.3) is 0 Å². The predicted molar refractivity (Wildman–Crippen MR) is 82.9 cm³/mol. The van der Waals surface area contributed by atoms with Crippen LogP contribution in [0.1, 0.15) is 37.7 Å². The zero-order valence-electron chi connectivity index (χ0n) is 13.0. The van der Waals surface area contributed by atoms with E-state index in [0.717, 1.165) is 31.4 Å². The second-order valence-corrected chi connectivity index (χ2v) is 5.64. The average molecular weight is 305 g/mol. The molecule has 0 bridgehead atoms. The van der Waals surface area contributed by atoms with Crippen LogP contribution in [0.25, 0.3) is 0 Å². The molecular weight excluding hydrogens is 282 g/mol. The molecule has 1 aliphatic heterocycles. The third-order valence-corrected chi connectivity index (χ3v) is 4.12. The zero-order valence-corrected chi connectivity index (χ0v) is 13.0. The molecule has 1 atom stereocenters. The Morgan fingerprint density at radius 1 is 1.27 bits per heavy atom. The van der Waals surface area contributed by atoms with Gasteiger partial charge in [0, 0.05) is 13.0 Å². The molecule has 1 fully saturated rings. The van der Waals surface area contributed by atoms with E-state index in [-0.39, 0.29) is 5.91 Å². The topological polar surface area (TPSA) is 66.8 Å². The molecular formula is C17H23NO4. The van der Waals surface area contributed by atoms with Gasteiger partial charge in [0.15, 0.2) is 0 Å². The largest absolute Gasteiger partial charge is 0.497 e. The Hall–Kier alpha value is -2.04. The molecule has 1 aromatic rings. The maximum absolute atomic E-state index is 12.1. The Kier molecular flexibility index (Phi) is 5.81. The zero-order chi connectivity index (χ0) is 15.9. The lowest BCUT2D eigenvalue weighted by molar-refractivity contribution is -0.148. The highest BCUT2D eigenvalue weighted by molar-refractivity contribution is 5.84. The lowest BCUT2D eigenvalue weighted by Crippen LogP contribution is -2.40. The summed E-state index contributed by atoms with van der Waals surface area (Å²) < 4.78 is 5.11. The van der Waals surface area contributed by atoms with Gasteiger partial charge in [0.05, 0.1) is 7.11 Å². The number of benzene rings is 1. The molecule has 0 aliphatic carbocycles. The standard InChI is InChI=1S/C17H23NO4/c1-22-14-10-8-13(9-11-14)5-2-3-7-16(19)18-12-4-6-15(18)17(20)21/h8-11,15H,2-7,12H2,1H3,(H,20,21). The van der Waals surface area contributed by atoms with Gasteiger partial charge in [0.1, 0.15) is 11.8 Å². The number of aliphatic carboxylic acids is 1. The molecule has 5 heteroatoms. The molecule has 120 valence electrons. The number of carbonyl (C=O) groups is 2. The van der Waals surface area contributed by atoms with Crippen molar-refractivity contribution in [3.63, 3.8) is 0 Å². The highest BCUT2D eigenvalue weighted by atomic mass is 16.5. The first kappa shape index (κ1) is 16.3. The highest BCUT2D eigenvalue weighted by Gasteiger charge is 2.33. The number of carbonyl (C=O) groups excluding carboxylic acids is 1. The number of likely N-dealkylation sites (tertiary alicyclic amines) is 1. The molecule has 1 saturated heterocycles. The third kappa shape index (κ3) is 4.23. The number of rotatable bonds is 7. The van der Waals surface area contributed by atoms with Gasteiger partial charge < -0.3 is 14.7 Å². The van der Waals surface area contributed by atoms with E-state index in [9.17, 15) is 9.59 Å². The molecule has 1 N–H and O–H groups in total. The van der Waals surface area contributed by atoms with Crippen LogP contribution < -0.4 is 4.74 Å². The summed E-state index contributed by atoms with van der Waals surface area (Å²) in [6.07, 6.45) is 4.42. The summed E-state index contributed by atoms with van der Waals surface area (Å²) in [5.74, 6) is -0.0728. The lowest BCUT2D eigenvalue weighted by Gasteiger charge is -2.21. The normalized spacial score (nSPS) is 17.5. The minimum absolute atomic E-state index is 0.0281. The van der Waals surface area contributed by atoms with E-state index in [1.807, 2.05) is 24.3 Å². The predicted octanol–water partition coefficient (Wildman–Crippen LogP) is 2.48. The van der Waals surface area contributed by atoms with Crippen LogP contribution >= 0.6 is 0 Å². The van der Waals surface area contributed by atoms with Crippen molar-refractivity contribution in [2.75, 3.05) is 13.7 Å². The van der Waals surface area contributed by atoms with Crippen molar-refractivity contribution in [2.45, 2.75) is 44.6 Å². The summed E-state index contributed by atoms with van der Waals surface area (Å²) in [6.45, 7) is 0.578. The molecule has 0 spiro atoms. The Morgan fingerprint density at radius 3 is 2.64 bits per heavy atom. The van der Waals surface area contributed by atoms with Gasteiger partial charge in [-0.15, -0.1) is 0 Å². The second-order valence-electron chi connectivity index (χ2n) is 5.64. The van der Waals surface area contributed by atoms with E-state index in [1.165, 1.54) is 10.5 Å². The van der Waals surface area contributed by atoms with Crippen molar-refractivity contribution >= 4 is 11.9 Å². The van der Waals surface area contributed by atoms with Gasteiger partial charge in [-0.05, 0) is 49.8 Å². The number of ether oxygens (including phenoxy) is 1. The smallest absolute Gasteiger partial charge is 0.326 e. The quantitative estimate of drug-likeness (QED) is 0.786. The van der Waals surface area contributed by atoms with Gasteiger partial charge in [0.2, 0.25) is 5.91 Å². The third-order valence-electron chi connectivity index (χ3n) is 4.12. The fourth-order valence-corrected chi connectivity index (χ4v) is 2.86. The molecule has 2 rings (SSSR count). The van der Waals surface area contributed by atoms with Crippen molar-refractivity contribution < 1.29 is 19.4 Å². The first-order valence-corrected chi connectivity index (χ1v) is 7.77. The number of carboxylic acid groups (broad SMARTS) is 1. The summed E-state index contributed by atoms with van der Waals surface area (Å²) in [6, 6.07) is 7.31. The summed E-state index contributed by atoms with van der Waals surface area (Å²) in [5, 5.41) is 9.09. The Balaban J connectivity index is 1.71. The number of hydrogen-bond acceptors (Lipinski definition) is 3. The van der Waals surface area contributed by atoms with Crippen LogP contribution in [0.4, 0.5) is 0 Å². The maximum atomic E-state index is 12.1. The number of methoxy groups -OCH3 is 1. The van der Waals surface area contributed by atoms with Crippen molar-refractivity contribution in [1.29, 1.82) is 0 Å². The van der Waals surface area contributed by atoms with E-state index in [1.54, 1.807) is 7.11 Å². The molecule has 1 aliphatic rings. The minimum Gasteiger partial charge on any atom is -0.497 e. The number of nitrogens with zero attached hydrogens (tertiary/aromatic N) is 1. The van der Waals surface area contributed by atoms with Crippen LogP contribution in [0.5, 0.6) is 5.75 Å². The molecule has 1 amide bonds. The first-order valence-electron chi connectivity index (χ1n) is 7.77. The fraction of sp³-hybridized carbons (Fsp3) is 0.529. The van der Waals surface area contributed by atoms with E-state index in [2.05, 4.69) is 0 Å². The van der Waals surface area contributed by atoms with Gasteiger partial charge in [-0.2, -0.15) is 0 Å². The van der Waals surface area contributed by atoms with Crippen molar-refractivity contribution in [1.82, 2.24) is 4.90 Å². The van der Waals surface area contributed by atoms with Crippen LogP contribution in [-0.2, 0) is 16.0 Å². The van der Waals surface area contributed by atoms with Crippen molar-refractivity contribution in [2.24, 2.45) is 0 Å². The Labute approximate surface area is 130 Å². The van der Waals surface area contributed by atoms with E-state index >= 15 is 0 Å². The molecule has 1 heterocycles. The van der Waals surface area contributed by atoms with Crippen LogP contribution in [0.2, 0.25) is 0 Å².